The Morgan fingerprint density at radius 1 is 0.793 bits per heavy atom. The largest absolute Gasteiger partial charge is 0.508 e. The molecule has 0 aromatic heterocycles. The first-order valence-electron chi connectivity index (χ1n) is 10.1. The van der Waals surface area contributed by atoms with Crippen LogP contribution in [-0.4, -0.2) is 11.3 Å². The molecule has 29 heavy (non-hydrogen) atoms. The Bertz CT molecular complexity index is 1220. The number of aliphatic imine (C=N–C) groups is 1. The third kappa shape index (κ3) is 3.31. The quantitative estimate of drug-likeness (QED) is 0.393. The summed E-state index contributed by atoms with van der Waals surface area (Å²) in [5.41, 5.74) is 6.18. The zero-order valence-electron chi connectivity index (χ0n) is 16.4. The van der Waals surface area contributed by atoms with Crippen LogP contribution in [0, 0.1) is 0 Å². The molecule has 142 valence electrons. The fraction of sp³-hybridized carbons (Fsp3) is 0.148. The van der Waals surface area contributed by atoms with Crippen LogP contribution in [0.4, 0.5) is 5.69 Å². The van der Waals surface area contributed by atoms with E-state index in [4.69, 9.17) is 0 Å². The van der Waals surface area contributed by atoms with Gasteiger partial charge in [-0.1, -0.05) is 67.6 Å². The van der Waals surface area contributed by atoms with Gasteiger partial charge in [-0.25, -0.2) is 0 Å². The Hall–Kier alpha value is -3.39. The molecule has 0 saturated heterocycles. The van der Waals surface area contributed by atoms with Crippen LogP contribution in [0.15, 0.2) is 89.9 Å². The molecule has 4 aromatic carbocycles. The van der Waals surface area contributed by atoms with Gasteiger partial charge in [0.15, 0.2) is 0 Å². The van der Waals surface area contributed by atoms with Crippen LogP contribution in [0.25, 0.3) is 21.9 Å². The smallest absolute Gasteiger partial charge is 0.116 e. The van der Waals surface area contributed by atoms with E-state index in [1.807, 2.05) is 6.07 Å². The van der Waals surface area contributed by atoms with Crippen molar-refractivity contribution in [3.8, 4) is 16.9 Å². The van der Waals surface area contributed by atoms with Crippen LogP contribution < -0.4 is 0 Å². The van der Waals surface area contributed by atoms with Crippen LogP contribution in [0.2, 0.25) is 0 Å². The van der Waals surface area contributed by atoms with E-state index in [0.29, 0.717) is 17.6 Å². The predicted molar refractivity (Wildman–Crippen MR) is 121 cm³/mol. The van der Waals surface area contributed by atoms with Gasteiger partial charge in [0.05, 0.1) is 5.69 Å². The standard InChI is InChI=1S/C27H23NO/c1-18-25(13-14-28-27-8-3-2-7-26(18)27)23-6-4-5-19(16-23)20-9-10-22-17-24(29)12-11-21(22)15-20/h2-12,14-18,25,29H,13H2,1H3. The molecule has 0 bridgehead atoms. The van der Waals surface area contributed by atoms with Gasteiger partial charge in [0.1, 0.15) is 5.75 Å². The van der Waals surface area contributed by atoms with Gasteiger partial charge in [0.2, 0.25) is 0 Å². The van der Waals surface area contributed by atoms with Crippen molar-refractivity contribution in [3.63, 3.8) is 0 Å². The molecule has 0 saturated carbocycles. The minimum absolute atomic E-state index is 0.302. The van der Waals surface area contributed by atoms with E-state index in [1.165, 1.54) is 22.3 Å². The van der Waals surface area contributed by atoms with E-state index < -0.39 is 0 Å². The molecule has 0 radical (unpaired) electrons. The Morgan fingerprint density at radius 2 is 1.59 bits per heavy atom. The number of phenols is 1. The van der Waals surface area contributed by atoms with Crippen molar-refractivity contribution in [2.45, 2.75) is 25.2 Å². The second-order valence-corrected chi connectivity index (χ2v) is 7.87. The molecule has 5 rings (SSSR count). The lowest BCUT2D eigenvalue weighted by atomic mass is 9.80. The third-order valence-electron chi connectivity index (χ3n) is 6.09. The average molecular weight is 377 g/mol. The zero-order chi connectivity index (χ0) is 19.8. The number of hydrogen-bond donors (Lipinski definition) is 1. The van der Waals surface area contributed by atoms with Crippen molar-refractivity contribution < 1.29 is 5.11 Å². The van der Waals surface area contributed by atoms with Crippen LogP contribution in [-0.2, 0) is 0 Å². The second kappa shape index (κ2) is 7.21. The topological polar surface area (TPSA) is 32.6 Å². The number of aromatic hydroxyl groups is 1. The van der Waals surface area contributed by atoms with E-state index in [9.17, 15) is 5.11 Å². The van der Waals surface area contributed by atoms with Crippen LogP contribution >= 0.6 is 0 Å². The van der Waals surface area contributed by atoms with Crippen molar-refractivity contribution in [1.82, 2.24) is 0 Å². The lowest BCUT2D eigenvalue weighted by molar-refractivity contribution is 0.476. The number of hydrogen-bond acceptors (Lipinski definition) is 2. The first-order chi connectivity index (χ1) is 14.2. The highest BCUT2D eigenvalue weighted by molar-refractivity contribution is 5.88. The SMILES string of the molecule is CC1c2ccccc2N=CCC1c1cccc(-c2ccc3cc(O)ccc3c2)c1. The van der Waals surface area contributed by atoms with Gasteiger partial charge in [0.25, 0.3) is 0 Å². The maximum absolute atomic E-state index is 9.70. The van der Waals surface area contributed by atoms with Crippen LogP contribution in [0.1, 0.15) is 36.3 Å². The third-order valence-corrected chi connectivity index (χ3v) is 6.09. The number of nitrogens with zero attached hydrogens (tertiary/aromatic N) is 1. The van der Waals surface area contributed by atoms with Gasteiger partial charge in [-0.05, 0) is 75.5 Å². The summed E-state index contributed by atoms with van der Waals surface area (Å²) in [7, 11) is 0. The molecule has 1 aliphatic heterocycles. The summed E-state index contributed by atoms with van der Waals surface area (Å²) in [6.45, 7) is 2.31. The maximum Gasteiger partial charge on any atom is 0.116 e. The Labute approximate surface area is 171 Å². The zero-order valence-corrected chi connectivity index (χ0v) is 16.4. The molecular weight excluding hydrogens is 354 g/mol. The van der Waals surface area contributed by atoms with E-state index in [2.05, 4.69) is 84.9 Å². The summed E-state index contributed by atoms with van der Waals surface area (Å²) >= 11 is 0. The maximum atomic E-state index is 9.70. The Balaban J connectivity index is 1.53. The normalized spacial score (nSPS) is 18.4. The molecule has 1 heterocycles. The van der Waals surface area contributed by atoms with Crippen LogP contribution in [0.3, 0.4) is 0 Å². The molecular formula is C27H23NO. The van der Waals surface area contributed by atoms with E-state index in [0.717, 1.165) is 22.9 Å². The van der Waals surface area contributed by atoms with Gasteiger partial charge in [-0.3, -0.25) is 4.99 Å². The van der Waals surface area contributed by atoms with Gasteiger partial charge in [0, 0.05) is 6.21 Å². The molecule has 2 heteroatoms. The van der Waals surface area contributed by atoms with Crippen molar-refractivity contribution >= 4 is 22.7 Å². The van der Waals surface area contributed by atoms with Crippen molar-refractivity contribution in [2.75, 3.05) is 0 Å². The molecule has 2 atom stereocenters. The minimum atomic E-state index is 0.302. The first kappa shape index (κ1) is 17.7. The molecule has 0 aliphatic carbocycles. The molecule has 4 aromatic rings. The number of para-hydroxylation sites is 1. The molecule has 2 unspecified atom stereocenters. The summed E-state index contributed by atoms with van der Waals surface area (Å²) in [4.78, 5) is 4.69. The lowest BCUT2D eigenvalue weighted by Gasteiger charge is -2.23. The van der Waals surface area contributed by atoms with Crippen LogP contribution in [0.5, 0.6) is 5.75 Å². The molecule has 0 fully saturated rings. The summed E-state index contributed by atoms with van der Waals surface area (Å²) in [5.74, 6) is 1.11. The first-order valence-corrected chi connectivity index (χ1v) is 10.1. The fourth-order valence-electron chi connectivity index (χ4n) is 4.46. The van der Waals surface area contributed by atoms with Gasteiger partial charge >= 0.3 is 0 Å². The van der Waals surface area contributed by atoms with Gasteiger partial charge in [-0.2, -0.15) is 0 Å². The second-order valence-electron chi connectivity index (χ2n) is 7.87. The van der Waals surface area contributed by atoms with Gasteiger partial charge < -0.3 is 5.11 Å². The highest BCUT2D eigenvalue weighted by Gasteiger charge is 2.24. The molecule has 2 nitrogen and oxygen atoms in total. The monoisotopic (exact) mass is 377 g/mol. The predicted octanol–water partition coefficient (Wildman–Crippen LogP) is 7.21. The number of rotatable bonds is 2. The Kier molecular flexibility index (Phi) is 4.40. The molecule has 0 amide bonds. The van der Waals surface area contributed by atoms with Crippen molar-refractivity contribution in [3.05, 3.63) is 96.1 Å². The fourth-order valence-corrected chi connectivity index (χ4v) is 4.46. The van der Waals surface area contributed by atoms with Crippen molar-refractivity contribution in [1.29, 1.82) is 0 Å². The lowest BCUT2D eigenvalue weighted by Crippen LogP contribution is -2.08. The van der Waals surface area contributed by atoms with E-state index in [-0.39, 0.29) is 0 Å². The highest BCUT2D eigenvalue weighted by atomic mass is 16.3. The number of fused-ring (bicyclic) bond motifs is 2. The molecule has 0 spiro atoms. The van der Waals surface area contributed by atoms with E-state index in [1.54, 1.807) is 12.1 Å². The Morgan fingerprint density at radius 3 is 2.52 bits per heavy atom. The molecule has 1 N–H and O–H groups in total. The molecule has 1 aliphatic rings. The van der Waals surface area contributed by atoms with Gasteiger partial charge in [-0.15, -0.1) is 0 Å². The highest BCUT2D eigenvalue weighted by Crippen LogP contribution is 2.41. The summed E-state index contributed by atoms with van der Waals surface area (Å²) in [6, 6.07) is 29.3. The average Bonchev–Trinajstić information content (AvgIpc) is 2.92. The summed E-state index contributed by atoms with van der Waals surface area (Å²) in [6.07, 6.45) is 3.01. The summed E-state index contributed by atoms with van der Waals surface area (Å²) in [5, 5.41) is 11.9. The van der Waals surface area contributed by atoms with Crippen molar-refractivity contribution in [2.24, 2.45) is 4.99 Å². The van der Waals surface area contributed by atoms with E-state index >= 15 is 0 Å². The minimum Gasteiger partial charge on any atom is -0.508 e. The number of phenolic OH excluding ortho intramolecular Hbond substituents is 1. The number of benzene rings is 4. The summed E-state index contributed by atoms with van der Waals surface area (Å²) < 4.78 is 0.